The zero-order valence-corrected chi connectivity index (χ0v) is 15.5. The van der Waals surface area contributed by atoms with Crippen LogP contribution >= 0.6 is 0 Å². The Morgan fingerprint density at radius 2 is 1.29 bits per heavy atom. The van der Waals surface area contributed by atoms with Crippen LogP contribution in [-0.4, -0.2) is 48.2 Å². The molecule has 0 spiro atoms. The number of nitrogens with zero attached hydrogens (tertiary/aromatic N) is 2. The van der Waals surface area contributed by atoms with E-state index in [1.54, 1.807) is 6.07 Å². The van der Waals surface area contributed by atoms with Gasteiger partial charge in [-0.3, -0.25) is 4.90 Å². The molecule has 1 saturated heterocycles. The van der Waals surface area contributed by atoms with Gasteiger partial charge in [-0.1, -0.05) is 30.3 Å². The first-order valence-electron chi connectivity index (χ1n) is 8.86. The standard InChI is InChI=1S/C19H14F8N2O2/c20-11-12(21)14(23)16(15(24)13(11)22)31-18(30)29-8-6-28(7-9-29)17(19(25,26)27)10-4-2-1-3-5-10/h1-5,17H,6-9H2. The molecule has 0 saturated carbocycles. The van der Waals surface area contributed by atoms with E-state index in [1.807, 2.05) is 0 Å². The monoisotopic (exact) mass is 454 g/mol. The Balaban J connectivity index is 1.72. The van der Waals surface area contributed by atoms with E-state index >= 15 is 0 Å². The first-order chi connectivity index (χ1) is 14.5. The molecule has 1 atom stereocenters. The van der Waals surface area contributed by atoms with Crippen molar-refractivity contribution in [3.63, 3.8) is 0 Å². The molecule has 0 radical (unpaired) electrons. The fraction of sp³-hybridized carbons (Fsp3) is 0.316. The average Bonchev–Trinajstić information content (AvgIpc) is 2.74. The molecular weight excluding hydrogens is 440 g/mol. The number of amides is 1. The number of ether oxygens (including phenoxy) is 1. The summed E-state index contributed by atoms with van der Waals surface area (Å²) in [5.41, 5.74) is -0.00701. The molecule has 1 unspecified atom stereocenters. The predicted molar refractivity (Wildman–Crippen MR) is 90.6 cm³/mol. The Morgan fingerprint density at radius 1 is 0.806 bits per heavy atom. The molecule has 2 aromatic rings. The van der Waals surface area contributed by atoms with Gasteiger partial charge in [0.25, 0.3) is 0 Å². The molecule has 31 heavy (non-hydrogen) atoms. The van der Waals surface area contributed by atoms with E-state index in [-0.39, 0.29) is 31.7 Å². The molecule has 0 aromatic heterocycles. The largest absolute Gasteiger partial charge is 0.415 e. The fourth-order valence-corrected chi connectivity index (χ4v) is 3.23. The van der Waals surface area contributed by atoms with Gasteiger partial charge in [0.15, 0.2) is 0 Å². The van der Waals surface area contributed by atoms with E-state index < -0.39 is 53.1 Å². The zero-order chi connectivity index (χ0) is 22.9. The third-order valence-electron chi connectivity index (χ3n) is 4.72. The van der Waals surface area contributed by atoms with Crippen LogP contribution in [0.15, 0.2) is 30.3 Å². The Bertz CT molecular complexity index is 931. The van der Waals surface area contributed by atoms with Crippen LogP contribution in [0.4, 0.5) is 39.9 Å². The van der Waals surface area contributed by atoms with Gasteiger partial charge in [0, 0.05) is 26.2 Å². The summed E-state index contributed by atoms with van der Waals surface area (Å²) >= 11 is 0. The van der Waals surface area contributed by atoms with Crippen molar-refractivity contribution < 1.29 is 44.7 Å². The van der Waals surface area contributed by atoms with Crippen LogP contribution in [0.5, 0.6) is 5.75 Å². The minimum atomic E-state index is -4.61. The number of benzene rings is 2. The van der Waals surface area contributed by atoms with E-state index in [0.717, 1.165) is 9.80 Å². The molecule has 1 fully saturated rings. The van der Waals surface area contributed by atoms with Crippen molar-refractivity contribution >= 4 is 6.09 Å². The number of rotatable bonds is 3. The zero-order valence-electron chi connectivity index (χ0n) is 15.5. The molecule has 3 rings (SSSR count). The quantitative estimate of drug-likeness (QED) is 0.380. The van der Waals surface area contributed by atoms with Crippen LogP contribution in [0.3, 0.4) is 0 Å². The highest BCUT2D eigenvalue weighted by Gasteiger charge is 2.45. The Morgan fingerprint density at radius 3 is 1.77 bits per heavy atom. The van der Waals surface area contributed by atoms with Gasteiger partial charge in [-0.05, 0) is 5.56 Å². The highest BCUT2D eigenvalue weighted by atomic mass is 19.4. The summed E-state index contributed by atoms with van der Waals surface area (Å²) in [5, 5.41) is 0. The number of carbonyl (C=O) groups is 1. The van der Waals surface area contributed by atoms with Gasteiger partial charge in [-0.2, -0.15) is 22.0 Å². The number of halogens is 8. The smallest absolute Gasteiger partial charge is 0.404 e. The lowest BCUT2D eigenvalue weighted by Gasteiger charge is -2.39. The summed E-state index contributed by atoms with van der Waals surface area (Å²) in [7, 11) is 0. The second kappa shape index (κ2) is 8.69. The number of carbonyl (C=O) groups excluding carboxylic acids is 1. The molecule has 12 heteroatoms. The summed E-state index contributed by atoms with van der Waals surface area (Å²) in [5.74, 6) is -13.4. The minimum absolute atomic E-state index is 0.00701. The van der Waals surface area contributed by atoms with Crippen LogP contribution in [-0.2, 0) is 0 Å². The van der Waals surface area contributed by atoms with Gasteiger partial charge in [0.1, 0.15) is 6.04 Å². The third kappa shape index (κ3) is 4.58. The summed E-state index contributed by atoms with van der Waals surface area (Å²) < 4.78 is 112. The highest BCUT2D eigenvalue weighted by molar-refractivity contribution is 5.71. The second-order valence-corrected chi connectivity index (χ2v) is 6.64. The minimum Gasteiger partial charge on any atom is -0.404 e. The van der Waals surface area contributed by atoms with Crippen LogP contribution in [0.25, 0.3) is 0 Å². The van der Waals surface area contributed by atoms with Gasteiger partial charge in [-0.15, -0.1) is 0 Å². The van der Waals surface area contributed by atoms with Gasteiger partial charge < -0.3 is 9.64 Å². The van der Waals surface area contributed by atoms with Crippen LogP contribution in [0, 0.1) is 29.1 Å². The van der Waals surface area contributed by atoms with E-state index in [1.165, 1.54) is 24.3 Å². The first kappa shape index (κ1) is 22.8. The fourth-order valence-electron chi connectivity index (χ4n) is 3.23. The average molecular weight is 454 g/mol. The van der Waals surface area contributed by atoms with E-state index in [4.69, 9.17) is 0 Å². The SMILES string of the molecule is O=C(Oc1c(F)c(F)c(F)c(F)c1F)N1CCN(C(c2ccccc2)C(F)(F)F)CC1. The molecule has 1 amide bonds. The van der Waals surface area contributed by atoms with E-state index in [9.17, 15) is 39.9 Å². The Labute approximate surface area is 170 Å². The molecule has 0 aliphatic carbocycles. The highest BCUT2D eigenvalue weighted by Crippen LogP contribution is 2.38. The normalized spacial score (nSPS) is 16.3. The Hall–Kier alpha value is -2.89. The summed E-state index contributed by atoms with van der Waals surface area (Å²) in [6, 6.07) is 5.13. The van der Waals surface area contributed by atoms with Crippen LogP contribution in [0.1, 0.15) is 11.6 Å². The van der Waals surface area contributed by atoms with Gasteiger partial charge >= 0.3 is 12.3 Å². The van der Waals surface area contributed by atoms with Crippen molar-refractivity contribution in [3.8, 4) is 5.75 Å². The molecular formula is C19H14F8N2O2. The van der Waals surface area contributed by atoms with E-state index in [2.05, 4.69) is 4.74 Å². The van der Waals surface area contributed by atoms with Crippen molar-refractivity contribution in [1.82, 2.24) is 9.80 Å². The maximum atomic E-state index is 13.7. The number of piperazine rings is 1. The molecule has 0 N–H and O–H groups in total. The second-order valence-electron chi connectivity index (χ2n) is 6.64. The third-order valence-corrected chi connectivity index (χ3v) is 4.72. The summed E-state index contributed by atoms with van der Waals surface area (Å²) in [4.78, 5) is 14.0. The van der Waals surface area contributed by atoms with Crippen LogP contribution in [0.2, 0.25) is 0 Å². The number of hydrogen-bond acceptors (Lipinski definition) is 3. The number of alkyl halides is 3. The molecule has 2 aromatic carbocycles. The van der Waals surface area contributed by atoms with E-state index in [0.29, 0.717) is 0 Å². The summed E-state index contributed by atoms with van der Waals surface area (Å²) in [6.45, 7) is -1.20. The molecule has 4 nitrogen and oxygen atoms in total. The topological polar surface area (TPSA) is 32.8 Å². The van der Waals surface area contributed by atoms with Crippen molar-refractivity contribution in [2.24, 2.45) is 0 Å². The van der Waals surface area contributed by atoms with Gasteiger partial charge in [0.2, 0.25) is 34.8 Å². The molecule has 1 aliphatic rings. The predicted octanol–water partition coefficient (Wildman–Crippen LogP) is 4.80. The lowest BCUT2D eigenvalue weighted by molar-refractivity contribution is -0.189. The first-order valence-corrected chi connectivity index (χ1v) is 8.86. The Kier molecular flexibility index (Phi) is 6.39. The lowest BCUT2D eigenvalue weighted by Crippen LogP contribution is -2.52. The molecule has 1 heterocycles. The molecule has 0 bridgehead atoms. The van der Waals surface area contributed by atoms with Gasteiger partial charge in [0.05, 0.1) is 0 Å². The van der Waals surface area contributed by atoms with Crippen molar-refractivity contribution in [1.29, 1.82) is 0 Å². The van der Waals surface area contributed by atoms with Crippen LogP contribution < -0.4 is 4.74 Å². The van der Waals surface area contributed by atoms with Crippen molar-refractivity contribution in [3.05, 3.63) is 65.0 Å². The van der Waals surface area contributed by atoms with Gasteiger partial charge in [-0.25, -0.2) is 18.0 Å². The molecule has 168 valence electrons. The number of hydrogen-bond donors (Lipinski definition) is 0. The lowest BCUT2D eigenvalue weighted by atomic mass is 10.0. The summed E-state index contributed by atoms with van der Waals surface area (Å²) in [6.07, 6.45) is -6.06. The maximum absolute atomic E-state index is 13.7. The van der Waals surface area contributed by atoms with Crippen molar-refractivity contribution in [2.75, 3.05) is 26.2 Å². The molecule has 1 aliphatic heterocycles. The van der Waals surface area contributed by atoms with Crippen molar-refractivity contribution in [2.45, 2.75) is 12.2 Å². The maximum Gasteiger partial charge on any atom is 0.415 e.